The lowest BCUT2D eigenvalue weighted by atomic mass is 10.0. The first-order chi connectivity index (χ1) is 15.6. The standard InChI is InChI=1S/C22H29N3O6S2/c1-3-21(18-7-5-4-6-8-18)23-22(26)17-25(32(2,27)28)19-9-11-20(12-10-19)33(29,30)24-13-15-31-16-14-24/h4-12,21H,3,13-17H2,1-2H3,(H,23,26). The van der Waals surface area contributed by atoms with E-state index in [0.717, 1.165) is 16.1 Å². The van der Waals surface area contributed by atoms with E-state index in [2.05, 4.69) is 5.32 Å². The van der Waals surface area contributed by atoms with Gasteiger partial charge in [0, 0.05) is 13.1 Å². The van der Waals surface area contributed by atoms with Crippen LogP contribution >= 0.6 is 0 Å². The normalized spacial score (nSPS) is 16.2. The number of carbonyl (C=O) groups is 1. The molecule has 1 fully saturated rings. The lowest BCUT2D eigenvalue weighted by Gasteiger charge is -2.27. The molecular weight excluding hydrogens is 466 g/mol. The summed E-state index contributed by atoms with van der Waals surface area (Å²) in [5.74, 6) is -0.457. The summed E-state index contributed by atoms with van der Waals surface area (Å²) < 4.78 is 58.0. The number of morpholine rings is 1. The summed E-state index contributed by atoms with van der Waals surface area (Å²) in [6, 6.07) is 14.7. The largest absolute Gasteiger partial charge is 0.379 e. The average molecular weight is 496 g/mol. The molecule has 11 heteroatoms. The van der Waals surface area contributed by atoms with Crippen molar-refractivity contribution in [3.63, 3.8) is 0 Å². The molecule has 0 aliphatic carbocycles. The number of nitrogens with one attached hydrogen (secondary N) is 1. The topological polar surface area (TPSA) is 113 Å². The van der Waals surface area contributed by atoms with Gasteiger partial charge in [-0.2, -0.15) is 4.31 Å². The maximum absolute atomic E-state index is 12.8. The lowest BCUT2D eigenvalue weighted by molar-refractivity contribution is -0.120. The Morgan fingerprint density at radius 3 is 2.18 bits per heavy atom. The number of carbonyl (C=O) groups excluding carboxylic acids is 1. The monoisotopic (exact) mass is 495 g/mol. The summed E-state index contributed by atoms with van der Waals surface area (Å²) in [5, 5.41) is 2.87. The molecule has 180 valence electrons. The highest BCUT2D eigenvalue weighted by Crippen LogP contribution is 2.23. The van der Waals surface area contributed by atoms with Crippen molar-refractivity contribution in [3.05, 3.63) is 60.2 Å². The third-order valence-electron chi connectivity index (χ3n) is 5.37. The van der Waals surface area contributed by atoms with E-state index in [1.165, 1.54) is 28.6 Å². The van der Waals surface area contributed by atoms with Crippen LogP contribution in [0.1, 0.15) is 24.9 Å². The number of hydrogen-bond donors (Lipinski definition) is 1. The summed E-state index contributed by atoms with van der Waals surface area (Å²) >= 11 is 0. The highest BCUT2D eigenvalue weighted by molar-refractivity contribution is 7.92. The van der Waals surface area contributed by atoms with Gasteiger partial charge in [0.05, 0.1) is 36.1 Å². The molecule has 1 aliphatic rings. The molecular formula is C22H29N3O6S2. The molecule has 0 bridgehead atoms. The van der Waals surface area contributed by atoms with E-state index in [0.29, 0.717) is 19.6 Å². The fourth-order valence-corrected chi connectivity index (χ4v) is 5.86. The summed E-state index contributed by atoms with van der Waals surface area (Å²) in [6.45, 7) is 2.70. The van der Waals surface area contributed by atoms with Crippen molar-refractivity contribution in [1.82, 2.24) is 9.62 Å². The van der Waals surface area contributed by atoms with E-state index in [4.69, 9.17) is 4.74 Å². The molecule has 1 saturated heterocycles. The Hall–Kier alpha value is -2.47. The second-order valence-electron chi connectivity index (χ2n) is 7.72. The predicted molar refractivity (Wildman–Crippen MR) is 126 cm³/mol. The number of anilines is 1. The zero-order valence-corrected chi connectivity index (χ0v) is 20.3. The van der Waals surface area contributed by atoms with Crippen LogP contribution in [0.4, 0.5) is 5.69 Å². The van der Waals surface area contributed by atoms with Gasteiger partial charge in [0.2, 0.25) is 26.0 Å². The Morgan fingerprint density at radius 2 is 1.64 bits per heavy atom. The van der Waals surface area contributed by atoms with E-state index < -0.39 is 32.5 Å². The number of hydrogen-bond acceptors (Lipinski definition) is 6. The minimum absolute atomic E-state index is 0.0566. The third-order valence-corrected chi connectivity index (χ3v) is 8.42. The van der Waals surface area contributed by atoms with Crippen molar-refractivity contribution in [1.29, 1.82) is 0 Å². The lowest BCUT2D eigenvalue weighted by Crippen LogP contribution is -2.41. The average Bonchev–Trinajstić information content (AvgIpc) is 2.81. The summed E-state index contributed by atoms with van der Waals surface area (Å²) in [4.78, 5) is 12.8. The molecule has 1 amide bonds. The smallest absolute Gasteiger partial charge is 0.243 e. The van der Waals surface area contributed by atoms with Crippen LogP contribution in [0.3, 0.4) is 0 Å². The first-order valence-electron chi connectivity index (χ1n) is 10.6. The van der Waals surface area contributed by atoms with Crippen molar-refractivity contribution >= 4 is 31.6 Å². The van der Waals surface area contributed by atoms with E-state index in [1.807, 2.05) is 37.3 Å². The van der Waals surface area contributed by atoms with Crippen LogP contribution in [-0.2, 0) is 29.6 Å². The van der Waals surface area contributed by atoms with Crippen molar-refractivity contribution in [3.8, 4) is 0 Å². The van der Waals surface area contributed by atoms with Gasteiger partial charge < -0.3 is 10.1 Å². The summed E-state index contributed by atoms with van der Waals surface area (Å²) in [5.41, 5.74) is 1.14. The van der Waals surface area contributed by atoms with Gasteiger partial charge in [-0.15, -0.1) is 0 Å². The van der Waals surface area contributed by atoms with Gasteiger partial charge in [-0.1, -0.05) is 37.3 Å². The molecule has 3 rings (SSSR count). The molecule has 9 nitrogen and oxygen atoms in total. The minimum Gasteiger partial charge on any atom is -0.379 e. The molecule has 1 heterocycles. The van der Waals surface area contributed by atoms with Gasteiger partial charge in [0.1, 0.15) is 6.54 Å². The molecule has 0 spiro atoms. The van der Waals surface area contributed by atoms with E-state index in [9.17, 15) is 21.6 Å². The number of sulfonamides is 2. The Morgan fingerprint density at radius 1 is 1.03 bits per heavy atom. The Labute approximate surface area is 195 Å². The first kappa shape index (κ1) is 25.2. The molecule has 1 atom stereocenters. The van der Waals surface area contributed by atoms with E-state index in [-0.39, 0.29) is 29.7 Å². The van der Waals surface area contributed by atoms with Crippen molar-refractivity contribution in [2.45, 2.75) is 24.3 Å². The summed E-state index contributed by atoms with van der Waals surface area (Å²) in [6.07, 6.45) is 1.65. The quantitative estimate of drug-likeness (QED) is 0.567. The molecule has 2 aromatic rings. The first-order valence-corrected chi connectivity index (χ1v) is 13.9. The molecule has 0 aromatic heterocycles. The van der Waals surface area contributed by atoms with Crippen molar-refractivity contribution in [2.24, 2.45) is 0 Å². The predicted octanol–water partition coefficient (Wildman–Crippen LogP) is 1.74. The van der Waals surface area contributed by atoms with Crippen LogP contribution in [0.2, 0.25) is 0 Å². The van der Waals surface area contributed by atoms with Crippen molar-refractivity contribution < 1.29 is 26.4 Å². The van der Waals surface area contributed by atoms with Crippen LogP contribution in [0.25, 0.3) is 0 Å². The van der Waals surface area contributed by atoms with Crippen molar-refractivity contribution in [2.75, 3.05) is 43.4 Å². The third kappa shape index (κ3) is 6.32. The van der Waals surface area contributed by atoms with Crippen LogP contribution < -0.4 is 9.62 Å². The van der Waals surface area contributed by atoms with Gasteiger partial charge >= 0.3 is 0 Å². The fraction of sp³-hybridized carbons (Fsp3) is 0.409. The van der Waals surface area contributed by atoms with Gasteiger partial charge in [0.25, 0.3) is 0 Å². The Balaban J connectivity index is 1.77. The number of nitrogens with zero attached hydrogens (tertiary/aromatic N) is 2. The minimum atomic E-state index is -3.79. The molecule has 1 unspecified atom stereocenters. The van der Waals surface area contributed by atoms with Crippen LogP contribution in [0.15, 0.2) is 59.5 Å². The molecule has 1 N–H and O–H groups in total. The maximum Gasteiger partial charge on any atom is 0.243 e. The highest BCUT2D eigenvalue weighted by Gasteiger charge is 2.27. The second-order valence-corrected chi connectivity index (χ2v) is 11.6. The fourth-order valence-electron chi connectivity index (χ4n) is 3.60. The number of rotatable bonds is 9. The van der Waals surface area contributed by atoms with E-state index in [1.54, 1.807) is 0 Å². The van der Waals surface area contributed by atoms with Crippen LogP contribution in [0.5, 0.6) is 0 Å². The van der Waals surface area contributed by atoms with Crippen LogP contribution in [0, 0.1) is 0 Å². The summed E-state index contributed by atoms with van der Waals surface area (Å²) in [7, 11) is -7.50. The maximum atomic E-state index is 12.8. The molecule has 0 saturated carbocycles. The van der Waals surface area contributed by atoms with Gasteiger partial charge in [0.15, 0.2) is 0 Å². The van der Waals surface area contributed by atoms with Gasteiger partial charge in [-0.05, 0) is 36.2 Å². The number of ether oxygens (including phenoxy) is 1. The SMILES string of the molecule is CCC(NC(=O)CN(c1ccc(S(=O)(=O)N2CCOCC2)cc1)S(C)(=O)=O)c1ccccc1. The zero-order chi connectivity index (χ0) is 24.1. The Bertz CT molecular complexity index is 1150. The molecule has 1 aliphatic heterocycles. The molecule has 33 heavy (non-hydrogen) atoms. The highest BCUT2D eigenvalue weighted by atomic mass is 32.2. The second kappa shape index (κ2) is 10.6. The number of amides is 1. The number of benzene rings is 2. The zero-order valence-electron chi connectivity index (χ0n) is 18.7. The molecule has 2 aromatic carbocycles. The Kier molecular flexibility index (Phi) is 8.11. The molecule has 0 radical (unpaired) electrons. The van der Waals surface area contributed by atoms with Gasteiger partial charge in [-0.25, -0.2) is 16.8 Å². The van der Waals surface area contributed by atoms with Gasteiger partial charge in [-0.3, -0.25) is 9.10 Å². The van der Waals surface area contributed by atoms with E-state index >= 15 is 0 Å². The van der Waals surface area contributed by atoms with Crippen LogP contribution in [-0.4, -0.2) is 66.2 Å².